The minimum Gasteiger partial charge on any atom is -0.494 e. The van der Waals surface area contributed by atoms with Gasteiger partial charge in [0.2, 0.25) is 5.78 Å². The van der Waals surface area contributed by atoms with E-state index in [-0.39, 0.29) is 17.3 Å². The molecule has 1 aliphatic heterocycles. The summed E-state index contributed by atoms with van der Waals surface area (Å²) in [4.78, 5) is 26.7. The van der Waals surface area contributed by atoms with Crippen LogP contribution in [0.3, 0.4) is 0 Å². The number of esters is 1. The highest BCUT2D eigenvalue weighted by Gasteiger charge is 2.29. The second-order valence-electron chi connectivity index (χ2n) is 7.58. The molecular formula is C26H20O6S. The lowest BCUT2D eigenvalue weighted by Gasteiger charge is -2.06. The topological polar surface area (TPSA) is 75.0 Å². The Morgan fingerprint density at radius 2 is 1.91 bits per heavy atom. The van der Waals surface area contributed by atoms with Crippen LogP contribution in [0.4, 0.5) is 0 Å². The number of rotatable bonds is 5. The lowest BCUT2D eigenvalue weighted by Crippen LogP contribution is -2.09. The SMILES string of the molecule is CCOc1ccc2oc(C)c(C(=O)Oc3ccc4c(c3)OC(=Cc3sccc3C)C4=O)c2c1. The van der Waals surface area contributed by atoms with Gasteiger partial charge >= 0.3 is 5.97 Å². The van der Waals surface area contributed by atoms with E-state index in [0.29, 0.717) is 46.0 Å². The van der Waals surface area contributed by atoms with E-state index in [9.17, 15) is 9.59 Å². The first-order valence-electron chi connectivity index (χ1n) is 10.4. The van der Waals surface area contributed by atoms with Gasteiger partial charge in [-0.25, -0.2) is 4.79 Å². The fourth-order valence-corrected chi connectivity index (χ4v) is 4.60. The molecule has 0 spiro atoms. The molecule has 166 valence electrons. The Bertz CT molecular complexity index is 1440. The molecule has 0 atom stereocenters. The number of hydrogen-bond acceptors (Lipinski definition) is 7. The summed E-state index contributed by atoms with van der Waals surface area (Å²) in [5.41, 5.74) is 2.41. The van der Waals surface area contributed by atoms with Crippen LogP contribution in [-0.2, 0) is 0 Å². The van der Waals surface area contributed by atoms with Gasteiger partial charge in [0.05, 0.1) is 12.2 Å². The maximum Gasteiger partial charge on any atom is 0.347 e. The van der Waals surface area contributed by atoms with E-state index >= 15 is 0 Å². The van der Waals surface area contributed by atoms with Crippen LogP contribution < -0.4 is 14.2 Å². The molecule has 4 aromatic rings. The number of benzene rings is 2. The molecule has 2 aromatic heterocycles. The van der Waals surface area contributed by atoms with E-state index in [1.807, 2.05) is 25.3 Å². The highest BCUT2D eigenvalue weighted by molar-refractivity contribution is 7.11. The van der Waals surface area contributed by atoms with Crippen LogP contribution in [-0.4, -0.2) is 18.4 Å². The van der Waals surface area contributed by atoms with Gasteiger partial charge in [-0.3, -0.25) is 4.79 Å². The van der Waals surface area contributed by atoms with E-state index in [1.165, 1.54) is 11.3 Å². The number of aryl methyl sites for hydroxylation is 2. The van der Waals surface area contributed by atoms with Gasteiger partial charge < -0.3 is 18.6 Å². The molecule has 5 rings (SSSR count). The Balaban J connectivity index is 1.42. The first-order chi connectivity index (χ1) is 15.9. The molecule has 7 heteroatoms. The summed E-state index contributed by atoms with van der Waals surface area (Å²) in [6, 6.07) is 12.1. The molecule has 0 saturated heterocycles. The van der Waals surface area contributed by atoms with Crippen LogP contribution in [0.25, 0.3) is 17.0 Å². The van der Waals surface area contributed by atoms with Gasteiger partial charge in [-0.1, -0.05) is 0 Å². The van der Waals surface area contributed by atoms with Gasteiger partial charge in [-0.2, -0.15) is 0 Å². The molecule has 6 nitrogen and oxygen atoms in total. The largest absolute Gasteiger partial charge is 0.494 e. The summed E-state index contributed by atoms with van der Waals surface area (Å²) in [6.07, 6.45) is 1.74. The number of Topliss-reactive ketones (excluding diaryl/α,β-unsaturated/α-hetero) is 1. The molecule has 0 amide bonds. The van der Waals surface area contributed by atoms with Crippen molar-refractivity contribution in [3.05, 3.63) is 80.9 Å². The second kappa shape index (κ2) is 8.26. The fraction of sp³-hybridized carbons (Fsp3) is 0.154. The minimum atomic E-state index is -0.561. The van der Waals surface area contributed by atoms with Crippen molar-refractivity contribution in [3.8, 4) is 17.2 Å². The minimum absolute atomic E-state index is 0.198. The van der Waals surface area contributed by atoms with Crippen LogP contribution in [0.1, 0.15) is 43.8 Å². The van der Waals surface area contributed by atoms with Crippen molar-refractivity contribution in [1.29, 1.82) is 0 Å². The highest BCUT2D eigenvalue weighted by Crippen LogP contribution is 2.36. The first-order valence-corrected chi connectivity index (χ1v) is 11.3. The number of furan rings is 1. The van der Waals surface area contributed by atoms with Gasteiger partial charge in [0.1, 0.15) is 34.2 Å². The Kier molecular flexibility index (Phi) is 5.26. The van der Waals surface area contributed by atoms with Crippen molar-refractivity contribution in [2.24, 2.45) is 0 Å². The first kappa shape index (κ1) is 21.0. The third kappa shape index (κ3) is 3.81. The quantitative estimate of drug-likeness (QED) is 0.196. The van der Waals surface area contributed by atoms with E-state index in [0.717, 1.165) is 10.4 Å². The lowest BCUT2D eigenvalue weighted by atomic mass is 10.1. The van der Waals surface area contributed by atoms with Crippen LogP contribution in [0.2, 0.25) is 0 Å². The van der Waals surface area contributed by atoms with Crippen molar-refractivity contribution >= 4 is 40.1 Å². The number of ether oxygens (including phenoxy) is 3. The third-order valence-corrected chi connectivity index (χ3v) is 6.33. The van der Waals surface area contributed by atoms with Crippen molar-refractivity contribution in [3.63, 3.8) is 0 Å². The number of carbonyl (C=O) groups is 2. The molecule has 0 bridgehead atoms. The predicted octanol–water partition coefficient (Wildman–Crippen LogP) is 6.35. The maximum absolute atomic E-state index is 13.0. The summed E-state index contributed by atoms with van der Waals surface area (Å²) in [7, 11) is 0. The molecule has 1 aliphatic rings. The average Bonchev–Trinajstić information content (AvgIpc) is 3.43. The number of ketones is 1. The molecule has 0 N–H and O–H groups in total. The number of hydrogen-bond donors (Lipinski definition) is 0. The summed E-state index contributed by atoms with van der Waals surface area (Å²) in [5.74, 6) is 1.22. The maximum atomic E-state index is 13.0. The van der Waals surface area contributed by atoms with E-state index < -0.39 is 5.97 Å². The molecular weight excluding hydrogens is 440 g/mol. The van der Waals surface area contributed by atoms with Crippen molar-refractivity contribution in [2.45, 2.75) is 20.8 Å². The van der Waals surface area contributed by atoms with Crippen LogP contribution in [0, 0.1) is 13.8 Å². The van der Waals surface area contributed by atoms with E-state index in [2.05, 4.69) is 0 Å². The average molecular weight is 461 g/mol. The molecule has 0 radical (unpaired) electrons. The monoisotopic (exact) mass is 460 g/mol. The molecule has 3 heterocycles. The van der Waals surface area contributed by atoms with Crippen LogP contribution in [0.15, 0.2) is 58.0 Å². The zero-order chi connectivity index (χ0) is 23.1. The number of fused-ring (bicyclic) bond motifs is 2. The van der Waals surface area contributed by atoms with Gasteiger partial charge in [-0.05, 0) is 68.1 Å². The normalized spacial score (nSPS) is 13.9. The molecule has 0 unspecified atom stereocenters. The van der Waals surface area contributed by atoms with Crippen molar-refractivity contribution in [1.82, 2.24) is 0 Å². The summed E-state index contributed by atoms with van der Waals surface area (Å²) in [6.45, 7) is 6.10. The number of carbonyl (C=O) groups excluding carboxylic acids is 2. The van der Waals surface area contributed by atoms with Gasteiger partial charge in [0.25, 0.3) is 0 Å². The molecule has 2 aromatic carbocycles. The second-order valence-corrected chi connectivity index (χ2v) is 8.53. The zero-order valence-electron chi connectivity index (χ0n) is 18.3. The predicted molar refractivity (Wildman–Crippen MR) is 126 cm³/mol. The van der Waals surface area contributed by atoms with Gasteiger partial charge in [0, 0.05) is 22.4 Å². The Morgan fingerprint density at radius 3 is 2.67 bits per heavy atom. The van der Waals surface area contributed by atoms with Crippen molar-refractivity contribution < 1.29 is 28.2 Å². The van der Waals surface area contributed by atoms with E-state index in [4.69, 9.17) is 18.6 Å². The molecule has 0 saturated carbocycles. The Morgan fingerprint density at radius 1 is 1.09 bits per heavy atom. The third-order valence-electron chi connectivity index (χ3n) is 5.37. The van der Waals surface area contributed by atoms with Crippen molar-refractivity contribution in [2.75, 3.05) is 6.61 Å². The van der Waals surface area contributed by atoms with Crippen LogP contribution in [0.5, 0.6) is 17.2 Å². The van der Waals surface area contributed by atoms with Gasteiger partial charge in [-0.15, -0.1) is 11.3 Å². The zero-order valence-corrected chi connectivity index (χ0v) is 19.1. The molecule has 0 aliphatic carbocycles. The number of allylic oxidation sites excluding steroid dienone is 1. The standard InChI is InChI=1S/C26H20O6S/c1-4-29-16-6-8-20-19(11-16)24(15(3)30-20)26(28)31-17-5-7-18-21(12-17)32-22(25(18)27)13-23-14(2)9-10-33-23/h5-13H,4H2,1-3H3. The van der Waals surface area contributed by atoms with Crippen LogP contribution >= 0.6 is 11.3 Å². The smallest absolute Gasteiger partial charge is 0.347 e. The summed E-state index contributed by atoms with van der Waals surface area (Å²) in [5, 5.41) is 2.58. The lowest BCUT2D eigenvalue weighted by molar-refractivity contribution is 0.0734. The molecule has 33 heavy (non-hydrogen) atoms. The van der Waals surface area contributed by atoms with E-state index in [1.54, 1.807) is 49.4 Å². The highest BCUT2D eigenvalue weighted by atomic mass is 32.1. The molecule has 0 fully saturated rings. The Hall–Kier alpha value is -3.84. The summed E-state index contributed by atoms with van der Waals surface area (Å²) < 4.78 is 22.7. The van der Waals surface area contributed by atoms with Gasteiger partial charge in [0.15, 0.2) is 5.76 Å². The number of thiophene rings is 1. The summed E-state index contributed by atoms with van der Waals surface area (Å²) >= 11 is 1.54. The Labute approximate surface area is 194 Å². The fourth-order valence-electron chi connectivity index (χ4n) is 3.75.